The predicted octanol–water partition coefficient (Wildman–Crippen LogP) is 0.534. The smallest absolute Gasteiger partial charge is 0.357 e. The zero-order chi connectivity index (χ0) is 13.5. The van der Waals surface area contributed by atoms with Gasteiger partial charge in [0.15, 0.2) is 6.61 Å². The Balaban J connectivity index is 1.67. The molecule has 1 aromatic rings. The van der Waals surface area contributed by atoms with Crippen LogP contribution in [0.25, 0.3) is 0 Å². The Hall–Kier alpha value is -1.95. The molecule has 102 valence electrons. The normalized spacial score (nSPS) is 18.0. The predicted molar refractivity (Wildman–Crippen MR) is 66.5 cm³/mol. The highest BCUT2D eigenvalue weighted by atomic mass is 16.5. The van der Waals surface area contributed by atoms with E-state index in [1.165, 1.54) is 12.3 Å². The van der Waals surface area contributed by atoms with Crippen LogP contribution < -0.4 is 5.32 Å². The lowest BCUT2D eigenvalue weighted by atomic mass is 10.2. The molecule has 0 saturated carbocycles. The molecule has 0 bridgehead atoms. The van der Waals surface area contributed by atoms with Crippen LogP contribution in [0.2, 0.25) is 0 Å². The van der Waals surface area contributed by atoms with E-state index in [0.717, 1.165) is 19.4 Å². The summed E-state index contributed by atoms with van der Waals surface area (Å²) >= 11 is 0. The Morgan fingerprint density at radius 2 is 2.37 bits per heavy atom. The number of nitrogens with zero attached hydrogens (tertiary/aromatic N) is 1. The number of hydrogen-bond donors (Lipinski definition) is 1. The Kier molecular flexibility index (Phi) is 4.85. The number of carbonyl (C=O) groups is 2. The van der Waals surface area contributed by atoms with Crippen LogP contribution in [0.5, 0.6) is 0 Å². The van der Waals surface area contributed by atoms with Gasteiger partial charge in [0.05, 0.1) is 6.10 Å². The van der Waals surface area contributed by atoms with Gasteiger partial charge in [0, 0.05) is 19.3 Å². The van der Waals surface area contributed by atoms with Crippen molar-refractivity contribution in [3.8, 4) is 0 Å². The van der Waals surface area contributed by atoms with Crippen molar-refractivity contribution in [2.24, 2.45) is 0 Å². The van der Waals surface area contributed by atoms with Crippen molar-refractivity contribution < 1.29 is 19.1 Å². The Morgan fingerprint density at radius 3 is 3.05 bits per heavy atom. The molecule has 0 aromatic carbocycles. The van der Waals surface area contributed by atoms with Crippen molar-refractivity contribution in [2.75, 3.05) is 19.8 Å². The van der Waals surface area contributed by atoms with Crippen LogP contribution in [0, 0.1) is 0 Å². The molecule has 0 spiro atoms. The van der Waals surface area contributed by atoms with Crippen LogP contribution >= 0.6 is 0 Å². The number of pyridine rings is 1. The first-order valence-electron chi connectivity index (χ1n) is 6.22. The van der Waals surface area contributed by atoms with Gasteiger partial charge in [-0.2, -0.15) is 0 Å². The van der Waals surface area contributed by atoms with Gasteiger partial charge in [0.25, 0.3) is 5.91 Å². The van der Waals surface area contributed by atoms with Crippen molar-refractivity contribution in [3.63, 3.8) is 0 Å². The van der Waals surface area contributed by atoms with Gasteiger partial charge in [-0.3, -0.25) is 4.79 Å². The number of esters is 1. The van der Waals surface area contributed by atoms with Gasteiger partial charge < -0.3 is 14.8 Å². The molecule has 0 aliphatic carbocycles. The third-order valence-electron chi connectivity index (χ3n) is 2.76. The third kappa shape index (κ3) is 4.33. The first-order valence-corrected chi connectivity index (χ1v) is 6.22. The summed E-state index contributed by atoms with van der Waals surface area (Å²) in [5.74, 6) is -0.937. The lowest BCUT2D eigenvalue weighted by Gasteiger charge is -2.10. The number of ether oxygens (including phenoxy) is 2. The number of amides is 1. The lowest BCUT2D eigenvalue weighted by molar-refractivity contribution is -0.124. The number of hydrogen-bond acceptors (Lipinski definition) is 5. The van der Waals surface area contributed by atoms with E-state index in [-0.39, 0.29) is 24.3 Å². The first kappa shape index (κ1) is 13.5. The summed E-state index contributed by atoms with van der Waals surface area (Å²) in [6.45, 7) is 0.900. The zero-order valence-electron chi connectivity index (χ0n) is 10.5. The van der Waals surface area contributed by atoms with Gasteiger partial charge in [-0.1, -0.05) is 6.07 Å². The highest BCUT2D eigenvalue weighted by molar-refractivity contribution is 5.89. The molecular formula is C13H16N2O4. The molecular weight excluding hydrogens is 248 g/mol. The summed E-state index contributed by atoms with van der Waals surface area (Å²) in [4.78, 5) is 26.8. The second-order valence-corrected chi connectivity index (χ2v) is 4.23. The third-order valence-corrected chi connectivity index (χ3v) is 2.76. The summed E-state index contributed by atoms with van der Waals surface area (Å²) in [6, 6.07) is 4.92. The first-order chi connectivity index (χ1) is 9.25. The minimum atomic E-state index is -0.604. The lowest BCUT2D eigenvalue weighted by Crippen LogP contribution is -2.34. The molecule has 1 aliphatic rings. The van der Waals surface area contributed by atoms with Crippen LogP contribution in [0.15, 0.2) is 24.4 Å². The molecule has 1 amide bonds. The summed E-state index contributed by atoms with van der Waals surface area (Å²) < 4.78 is 10.2. The standard InChI is InChI=1S/C13H16N2O4/c16-12(15-8-10-4-3-7-18-10)9-19-13(17)11-5-1-2-6-14-11/h1-2,5-6,10H,3-4,7-9H2,(H,15,16)/t10-/m1/s1. The monoisotopic (exact) mass is 264 g/mol. The maximum absolute atomic E-state index is 11.5. The molecule has 1 N–H and O–H groups in total. The van der Waals surface area contributed by atoms with E-state index in [9.17, 15) is 9.59 Å². The Morgan fingerprint density at radius 1 is 1.47 bits per heavy atom. The molecule has 19 heavy (non-hydrogen) atoms. The number of aromatic nitrogens is 1. The number of nitrogens with one attached hydrogen (secondary N) is 1. The molecule has 1 atom stereocenters. The molecule has 0 radical (unpaired) electrons. The summed E-state index contributed by atoms with van der Waals surface area (Å²) in [7, 11) is 0. The van der Waals surface area contributed by atoms with Crippen LogP contribution in [0.3, 0.4) is 0 Å². The maximum Gasteiger partial charge on any atom is 0.357 e. The van der Waals surface area contributed by atoms with Crippen LogP contribution in [-0.4, -0.2) is 42.7 Å². The topological polar surface area (TPSA) is 77.5 Å². The fourth-order valence-corrected chi connectivity index (χ4v) is 1.77. The molecule has 2 rings (SSSR count). The van der Waals surface area contributed by atoms with E-state index in [1.54, 1.807) is 12.1 Å². The van der Waals surface area contributed by atoms with Crippen LogP contribution in [-0.2, 0) is 14.3 Å². The van der Waals surface area contributed by atoms with E-state index >= 15 is 0 Å². The van der Waals surface area contributed by atoms with Crippen molar-refractivity contribution in [1.29, 1.82) is 0 Å². The van der Waals surface area contributed by atoms with Gasteiger partial charge in [-0.05, 0) is 25.0 Å². The summed E-state index contributed by atoms with van der Waals surface area (Å²) in [6.07, 6.45) is 3.55. The van der Waals surface area contributed by atoms with Gasteiger partial charge in [-0.15, -0.1) is 0 Å². The molecule has 1 aliphatic heterocycles. The van der Waals surface area contributed by atoms with Crippen molar-refractivity contribution in [1.82, 2.24) is 10.3 Å². The summed E-state index contributed by atoms with van der Waals surface area (Å²) in [5, 5.41) is 2.67. The molecule has 0 unspecified atom stereocenters. The fraction of sp³-hybridized carbons (Fsp3) is 0.462. The highest BCUT2D eigenvalue weighted by Gasteiger charge is 2.17. The number of carbonyl (C=O) groups excluding carboxylic acids is 2. The SMILES string of the molecule is O=C(COC(=O)c1ccccn1)NC[C@H]1CCCO1. The quantitative estimate of drug-likeness (QED) is 0.785. The Bertz CT molecular complexity index is 430. The van der Waals surface area contributed by atoms with E-state index in [0.29, 0.717) is 6.54 Å². The van der Waals surface area contributed by atoms with Gasteiger partial charge in [0.1, 0.15) is 5.69 Å². The second kappa shape index (κ2) is 6.84. The molecule has 1 saturated heterocycles. The summed E-state index contributed by atoms with van der Waals surface area (Å²) in [5.41, 5.74) is 0.189. The van der Waals surface area contributed by atoms with Crippen molar-refractivity contribution in [3.05, 3.63) is 30.1 Å². The molecule has 2 heterocycles. The minimum Gasteiger partial charge on any atom is -0.451 e. The molecule has 6 heteroatoms. The average Bonchev–Trinajstić information content (AvgIpc) is 2.96. The van der Waals surface area contributed by atoms with E-state index < -0.39 is 5.97 Å². The zero-order valence-corrected chi connectivity index (χ0v) is 10.5. The van der Waals surface area contributed by atoms with Crippen LogP contribution in [0.4, 0.5) is 0 Å². The van der Waals surface area contributed by atoms with Crippen molar-refractivity contribution >= 4 is 11.9 Å². The number of rotatable bonds is 5. The minimum absolute atomic E-state index is 0.0791. The van der Waals surface area contributed by atoms with Gasteiger partial charge in [0.2, 0.25) is 0 Å². The highest BCUT2D eigenvalue weighted by Crippen LogP contribution is 2.10. The van der Waals surface area contributed by atoms with E-state index in [2.05, 4.69) is 10.3 Å². The largest absolute Gasteiger partial charge is 0.451 e. The van der Waals surface area contributed by atoms with Gasteiger partial charge in [-0.25, -0.2) is 9.78 Å². The van der Waals surface area contributed by atoms with Gasteiger partial charge >= 0.3 is 5.97 Å². The van der Waals surface area contributed by atoms with E-state index in [4.69, 9.17) is 9.47 Å². The molecule has 1 aromatic heterocycles. The Labute approximate surface area is 111 Å². The van der Waals surface area contributed by atoms with Crippen molar-refractivity contribution in [2.45, 2.75) is 18.9 Å². The fourth-order valence-electron chi connectivity index (χ4n) is 1.77. The van der Waals surface area contributed by atoms with Crippen LogP contribution in [0.1, 0.15) is 23.3 Å². The average molecular weight is 264 g/mol. The molecule has 6 nitrogen and oxygen atoms in total. The van der Waals surface area contributed by atoms with E-state index in [1.807, 2.05) is 0 Å². The second-order valence-electron chi connectivity index (χ2n) is 4.23. The maximum atomic E-state index is 11.5. The molecule has 1 fully saturated rings.